The Morgan fingerprint density at radius 3 is 2.17 bits per heavy atom. The van der Waals surface area contributed by atoms with E-state index in [0.717, 1.165) is 16.7 Å². The second kappa shape index (κ2) is 8.93. The number of hydrogen-bond acceptors (Lipinski definition) is 5. The summed E-state index contributed by atoms with van der Waals surface area (Å²) in [5.74, 6) is 1.71. The summed E-state index contributed by atoms with van der Waals surface area (Å²) in [6.07, 6.45) is -0.154. The molecule has 0 saturated carbocycles. The van der Waals surface area contributed by atoms with Crippen molar-refractivity contribution in [1.82, 2.24) is 15.0 Å². The monoisotopic (exact) mass is 399 g/mol. The van der Waals surface area contributed by atoms with E-state index in [9.17, 15) is 0 Å². The van der Waals surface area contributed by atoms with Crippen molar-refractivity contribution in [2.45, 2.75) is 19.1 Å². The number of rotatable bonds is 7. The maximum Gasteiger partial charge on any atom is 0.262 e. The van der Waals surface area contributed by atoms with Gasteiger partial charge in [0.25, 0.3) is 5.89 Å². The van der Waals surface area contributed by atoms with Gasteiger partial charge >= 0.3 is 0 Å². The molecule has 2 atom stereocenters. The van der Waals surface area contributed by atoms with Crippen molar-refractivity contribution < 1.29 is 9.26 Å². The fraction of sp³-hybridized carbons (Fsp3) is 0.200. The van der Waals surface area contributed by atoms with Crippen molar-refractivity contribution in [1.29, 1.82) is 0 Å². The molecule has 1 unspecified atom stereocenters. The molecule has 1 heterocycles. The average molecular weight is 399 g/mol. The van der Waals surface area contributed by atoms with Gasteiger partial charge in [0.15, 0.2) is 0 Å². The standard InChI is InChI=1S/C25H25N3O2/c1-18(28(2)3)23(19-12-6-4-7-13-19)29-22-17-11-10-16-21(22)25-26-24(27-30-25)20-14-8-5-9-15-20/h4-18,23H,1-3H3/t18-,23?/m0/s1. The predicted molar refractivity (Wildman–Crippen MR) is 118 cm³/mol. The highest BCUT2D eigenvalue weighted by Gasteiger charge is 2.25. The van der Waals surface area contributed by atoms with Crippen molar-refractivity contribution in [3.8, 4) is 28.6 Å². The van der Waals surface area contributed by atoms with Crippen LogP contribution in [-0.2, 0) is 0 Å². The van der Waals surface area contributed by atoms with Gasteiger partial charge in [0.05, 0.1) is 5.56 Å². The van der Waals surface area contributed by atoms with Crippen LogP contribution < -0.4 is 4.74 Å². The molecule has 0 aliphatic heterocycles. The largest absolute Gasteiger partial charge is 0.483 e. The molecular formula is C25H25N3O2. The van der Waals surface area contributed by atoms with Gasteiger partial charge in [0.2, 0.25) is 5.82 Å². The topological polar surface area (TPSA) is 51.4 Å². The number of likely N-dealkylation sites (N-methyl/N-ethyl adjacent to an activating group) is 1. The van der Waals surface area contributed by atoms with E-state index < -0.39 is 0 Å². The molecule has 5 heteroatoms. The first kappa shape index (κ1) is 19.9. The molecule has 4 aromatic rings. The number of hydrogen-bond donors (Lipinski definition) is 0. The Hall–Kier alpha value is -3.44. The smallest absolute Gasteiger partial charge is 0.262 e. The Balaban J connectivity index is 1.68. The summed E-state index contributed by atoms with van der Waals surface area (Å²) >= 11 is 0. The quantitative estimate of drug-likeness (QED) is 0.412. The van der Waals surface area contributed by atoms with Gasteiger partial charge in [-0.3, -0.25) is 0 Å². The SMILES string of the molecule is C[C@@H](C(Oc1ccccc1-c1nc(-c2ccccc2)no1)c1ccccc1)N(C)C. The Kier molecular flexibility index (Phi) is 5.91. The Bertz CT molecular complexity index is 1080. The molecule has 0 spiro atoms. The van der Waals surface area contributed by atoms with Crippen molar-refractivity contribution in [3.05, 3.63) is 90.5 Å². The molecule has 1 aromatic heterocycles. The lowest BCUT2D eigenvalue weighted by molar-refractivity contribution is 0.108. The van der Waals surface area contributed by atoms with Crippen LogP contribution in [0, 0.1) is 0 Å². The van der Waals surface area contributed by atoms with Gasteiger partial charge in [-0.1, -0.05) is 78.0 Å². The zero-order valence-corrected chi connectivity index (χ0v) is 17.4. The molecule has 0 fully saturated rings. The average Bonchev–Trinajstić information content (AvgIpc) is 3.28. The van der Waals surface area contributed by atoms with Crippen LogP contribution in [0.1, 0.15) is 18.6 Å². The van der Waals surface area contributed by atoms with Crippen molar-refractivity contribution in [2.75, 3.05) is 14.1 Å². The van der Waals surface area contributed by atoms with Gasteiger partial charge in [-0.15, -0.1) is 0 Å². The zero-order chi connectivity index (χ0) is 20.9. The fourth-order valence-corrected chi connectivity index (χ4v) is 3.28. The van der Waals surface area contributed by atoms with Crippen LogP contribution in [0.15, 0.2) is 89.5 Å². The molecule has 5 nitrogen and oxygen atoms in total. The van der Waals surface area contributed by atoms with E-state index in [4.69, 9.17) is 9.26 Å². The van der Waals surface area contributed by atoms with Gasteiger partial charge < -0.3 is 14.2 Å². The van der Waals surface area contributed by atoms with Crippen LogP contribution in [-0.4, -0.2) is 35.2 Å². The summed E-state index contributed by atoms with van der Waals surface area (Å²) in [4.78, 5) is 6.76. The maximum atomic E-state index is 6.55. The lowest BCUT2D eigenvalue weighted by atomic mass is 10.0. The molecule has 0 N–H and O–H groups in total. The highest BCUT2D eigenvalue weighted by molar-refractivity contribution is 5.65. The van der Waals surface area contributed by atoms with Crippen molar-refractivity contribution >= 4 is 0 Å². The molecule has 0 bridgehead atoms. The van der Waals surface area contributed by atoms with E-state index in [1.165, 1.54) is 0 Å². The van der Waals surface area contributed by atoms with E-state index in [0.29, 0.717) is 17.5 Å². The summed E-state index contributed by atoms with van der Waals surface area (Å²) in [5, 5.41) is 4.15. The highest BCUT2D eigenvalue weighted by atomic mass is 16.5. The molecule has 3 aromatic carbocycles. The van der Waals surface area contributed by atoms with E-state index in [1.807, 2.05) is 72.8 Å². The highest BCUT2D eigenvalue weighted by Crippen LogP contribution is 2.34. The molecule has 30 heavy (non-hydrogen) atoms. The first-order chi connectivity index (χ1) is 14.6. The molecule has 152 valence electrons. The fourth-order valence-electron chi connectivity index (χ4n) is 3.28. The lowest BCUT2D eigenvalue weighted by Gasteiger charge is -2.30. The zero-order valence-electron chi connectivity index (χ0n) is 17.4. The molecule has 0 aliphatic rings. The normalized spacial score (nSPS) is 13.2. The maximum absolute atomic E-state index is 6.55. The summed E-state index contributed by atoms with van der Waals surface area (Å²) in [6.45, 7) is 2.15. The van der Waals surface area contributed by atoms with Gasteiger partial charge in [-0.2, -0.15) is 4.98 Å². The molecule has 0 amide bonds. The second-order valence-electron chi connectivity index (χ2n) is 7.44. The van der Waals surface area contributed by atoms with Gasteiger partial charge in [0.1, 0.15) is 11.9 Å². The lowest BCUT2D eigenvalue weighted by Crippen LogP contribution is -2.34. The Morgan fingerprint density at radius 2 is 1.47 bits per heavy atom. The minimum absolute atomic E-state index is 0.154. The van der Waals surface area contributed by atoms with E-state index in [1.54, 1.807) is 0 Å². The van der Waals surface area contributed by atoms with E-state index in [2.05, 4.69) is 48.2 Å². The summed E-state index contributed by atoms with van der Waals surface area (Å²) in [6, 6.07) is 28.0. The number of para-hydroxylation sites is 1. The number of ether oxygens (including phenoxy) is 1. The van der Waals surface area contributed by atoms with Crippen LogP contribution in [0.4, 0.5) is 0 Å². The minimum Gasteiger partial charge on any atom is -0.483 e. The summed E-state index contributed by atoms with van der Waals surface area (Å²) < 4.78 is 12.1. The Labute approximate surface area is 176 Å². The molecule has 0 aliphatic carbocycles. The van der Waals surface area contributed by atoms with Gasteiger partial charge in [0, 0.05) is 11.6 Å². The van der Waals surface area contributed by atoms with Gasteiger partial charge in [-0.25, -0.2) is 0 Å². The molecule has 0 saturated heterocycles. The van der Waals surface area contributed by atoms with E-state index in [-0.39, 0.29) is 12.1 Å². The van der Waals surface area contributed by atoms with Crippen LogP contribution in [0.3, 0.4) is 0 Å². The number of benzene rings is 3. The third-order valence-corrected chi connectivity index (χ3v) is 5.21. The number of nitrogens with zero attached hydrogens (tertiary/aromatic N) is 3. The van der Waals surface area contributed by atoms with Crippen LogP contribution in [0.25, 0.3) is 22.8 Å². The summed E-state index contributed by atoms with van der Waals surface area (Å²) in [7, 11) is 4.11. The predicted octanol–water partition coefficient (Wildman–Crippen LogP) is 5.47. The molecular weight excluding hydrogens is 374 g/mol. The van der Waals surface area contributed by atoms with Crippen molar-refractivity contribution in [2.24, 2.45) is 0 Å². The molecule has 4 rings (SSSR count). The minimum atomic E-state index is -0.154. The van der Waals surface area contributed by atoms with Crippen LogP contribution in [0.2, 0.25) is 0 Å². The first-order valence-corrected chi connectivity index (χ1v) is 10.00. The second-order valence-corrected chi connectivity index (χ2v) is 7.44. The summed E-state index contributed by atoms with van der Waals surface area (Å²) in [5.41, 5.74) is 2.80. The van der Waals surface area contributed by atoms with Gasteiger partial charge in [-0.05, 0) is 38.7 Å². The Morgan fingerprint density at radius 1 is 0.833 bits per heavy atom. The van der Waals surface area contributed by atoms with Crippen LogP contribution >= 0.6 is 0 Å². The van der Waals surface area contributed by atoms with Crippen LogP contribution in [0.5, 0.6) is 5.75 Å². The van der Waals surface area contributed by atoms with E-state index >= 15 is 0 Å². The third kappa shape index (κ3) is 4.26. The van der Waals surface area contributed by atoms with Crippen molar-refractivity contribution in [3.63, 3.8) is 0 Å². The first-order valence-electron chi connectivity index (χ1n) is 10.00. The third-order valence-electron chi connectivity index (χ3n) is 5.21. The number of aromatic nitrogens is 2. The molecule has 0 radical (unpaired) electrons.